The molecule has 20 heavy (non-hydrogen) atoms. The molecule has 1 rings (SSSR count). The molecule has 0 bridgehead atoms. The highest BCUT2D eigenvalue weighted by Gasteiger charge is 2.08. The van der Waals surface area contributed by atoms with Crippen molar-refractivity contribution in [3.8, 4) is 11.8 Å². The molecule has 0 saturated heterocycles. The second-order valence-electron chi connectivity index (χ2n) is 4.85. The maximum absolute atomic E-state index is 9.80. The van der Waals surface area contributed by atoms with E-state index in [1.165, 1.54) is 0 Å². The lowest BCUT2D eigenvalue weighted by Gasteiger charge is -2.16. The summed E-state index contributed by atoms with van der Waals surface area (Å²) in [7, 11) is 0. The molecule has 0 amide bonds. The third kappa shape index (κ3) is 6.02. The van der Waals surface area contributed by atoms with Gasteiger partial charge in [0.1, 0.15) is 24.5 Å². The van der Waals surface area contributed by atoms with Gasteiger partial charge in [0.15, 0.2) is 0 Å². The van der Waals surface area contributed by atoms with E-state index in [4.69, 9.17) is 15.1 Å². The van der Waals surface area contributed by atoms with Crippen molar-refractivity contribution in [1.82, 2.24) is 5.32 Å². The smallest absolute Gasteiger partial charge is 0.137 e. The van der Waals surface area contributed by atoms with Crippen molar-refractivity contribution in [3.05, 3.63) is 29.8 Å². The number of nitrogens with zero attached hydrogens (tertiary/aromatic N) is 1. The summed E-state index contributed by atoms with van der Waals surface area (Å²) in [6.45, 7) is 3.52. The molecule has 0 aromatic heterocycles. The molecule has 0 heterocycles. The first-order valence-corrected chi connectivity index (χ1v) is 6.79. The van der Waals surface area contributed by atoms with Crippen LogP contribution in [-0.4, -0.2) is 42.6 Å². The molecule has 3 N–H and O–H groups in total. The van der Waals surface area contributed by atoms with Gasteiger partial charge in [0.2, 0.25) is 0 Å². The predicted molar refractivity (Wildman–Crippen MR) is 76.4 cm³/mol. The number of nitriles is 1. The Morgan fingerprint density at radius 3 is 2.80 bits per heavy atom. The normalized spacial score (nSPS) is 13.5. The van der Waals surface area contributed by atoms with Gasteiger partial charge in [-0.3, -0.25) is 0 Å². The number of hydrogen-bond acceptors (Lipinski definition) is 5. The molecular weight excluding hydrogens is 256 g/mol. The van der Waals surface area contributed by atoms with Crippen molar-refractivity contribution in [1.29, 1.82) is 5.26 Å². The number of rotatable bonds is 9. The Morgan fingerprint density at radius 1 is 1.35 bits per heavy atom. The standard InChI is InChI=1S/C15H22N2O3/c1-12(6-7-18)9-17-10-14(19)11-20-15-5-3-2-4-13(15)8-16/h2-5,12,14,17-19H,6-7,9-11H2,1H3. The van der Waals surface area contributed by atoms with Crippen LogP contribution < -0.4 is 10.1 Å². The van der Waals surface area contributed by atoms with E-state index in [0.717, 1.165) is 13.0 Å². The first-order valence-electron chi connectivity index (χ1n) is 6.79. The number of hydrogen-bond donors (Lipinski definition) is 3. The van der Waals surface area contributed by atoms with Crippen molar-refractivity contribution in [2.75, 3.05) is 26.3 Å². The maximum atomic E-state index is 9.80. The Morgan fingerprint density at radius 2 is 2.10 bits per heavy atom. The Kier molecular flexibility index (Phi) is 7.66. The van der Waals surface area contributed by atoms with Crippen molar-refractivity contribution in [3.63, 3.8) is 0 Å². The lowest BCUT2D eigenvalue weighted by Crippen LogP contribution is -2.34. The van der Waals surface area contributed by atoms with Crippen LogP contribution in [0.4, 0.5) is 0 Å². The Labute approximate surface area is 119 Å². The molecule has 2 unspecified atom stereocenters. The number of nitrogens with one attached hydrogen (secondary N) is 1. The minimum Gasteiger partial charge on any atom is -0.489 e. The minimum absolute atomic E-state index is 0.139. The van der Waals surface area contributed by atoms with Crippen LogP contribution >= 0.6 is 0 Å². The number of aliphatic hydroxyl groups is 2. The summed E-state index contributed by atoms with van der Waals surface area (Å²) in [5, 5.41) is 30.6. The number of ether oxygens (including phenoxy) is 1. The molecule has 0 radical (unpaired) electrons. The first kappa shape index (κ1) is 16.4. The second-order valence-corrected chi connectivity index (χ2v) is 4.85. The summed E-state index contributed by atoms with van der Waals surface area (Å²) >= 11 is 0. The fraction of sp³-hybridized carbons (Fsp3) is 0.533. The van der Waals surface area contributed by atoms with Gasteiger partial charge in [-0.2, -0.15) is 5.26 Å². The van der Waals surface area contributed by atoms with Crippen molar-refractivity contribution < 1.29 is 14.9 Å². The van der Waals surface area contributed by atoms with Crippen LogP contribution in [0, 0.1) is 17.2 Å². The van der Waals surface area contributed by atoms with E-state index < -0.39 is 6.10 Å². The lowest BCUT2D eigenvalue weighted by atomic mass is 10.1. The zero-order valence-corrected chi connectivity index (χ0v) is 11.7. The molecule has 1 aromatic carbocycles. The van der Waals surface area contributed by atoms with Gasteiger partial charge in [-0.1, -0.05) is 19.1 Å². The maximum Gasteiger partial charge on any atom is 0.137 e. The predicted octanol–water partition coefficient (Wildman–Crippen LogP) is 0.906. The topological polar surface area (TPSA) is 85.5 Å². The molecule has 0 spiro atoms. The van der Waals surface area contributed by atoms with Gasteiger partial charge < -0.3 is 20.3 Å². The summed E-state index contributed by atoms with van der Waals surface area (Å²) in [6, 6.07) is 8.99. The Bertz CT molecular complexity index is 431. The van der Waals surface area contributed by atoms with E-state index >= 15 is 0 Å². The van der Waals surface area contributed by atoms with E-state index in [0.29, 0.717) is 23.8 Å². The van der Waals surface area contributed by atoms with Gasteiger partial charge >= 0.3 is 0 Å². The summed E-state index contributed by atoms with van der Waals surface area (Å²) in [6.07, 6.45) is 0.109. The highest BCUT2D eigenvalue weighted by molar-refractivity contribution is 5.42. The van der Waals surface area contributed by atoms with Crippen LogP contribution in [0.2, 0.25) is 0 Å². The van der Waals surface area contributed by atoms with Crippen LogP contribution in [0.15, 0.2) is 24.3 Å². The Balaban J connectivity index is 2.26. The molecule has 0 aliphatic carbocycles. The molecule has 110 valence electrons. The first-order chi connectivity index (χ1) is 9.67. The fourth-order valence-electron chi connectivity index (χ4n) is 1.75. The van der Waals surface area contributed by atoms with Gasteiger partial charge in [-0.05, 0) is 31.0 Å². The van der Waals surface area contributed by atoms with E-state index in [1.807, 2.05) is 13.0 Å². The van der Waals surface area contributed by atoms with Gasteiger partial charge in [-0.15, -0.1) is 0 Å². The van der Waals surface area contributed by atoms with E-state index in [-0.39, 0.29) is 13.2 Å². The van der Waals surface area contributed by atoms with Crippen LogP contribution in [0.25, 0.3) is 0 Å². The minimum atomic E-state index is -0.636. The van der Waals surface area contributed by atoms with Crippen molar-refractivity contribution in [2.45, 2.75) is 19.4 Å². The highest BCUT2D eigenvalue weighted by atomic mass is 16.5. The molecule has 0 aliphatic heterocycles. The summed E-state index contributed by atoms with van der Waals surface area (Å²) < 4.78 is 5.44. The molecular formula is C15H22N2O3. The monoisotopic (exact) mass is 278 g/mol. The fourth-order valence-corrected chi connectivity index (χ4v) is 1.75. The third-order valence-electron chi connectivity index (χ3n) is 2.93. The highest BCUT2D eigenvalue weighted by Crippen LogP contribution is 2.16. The molecule has 1 aromatic rings. The number of aliphatic hydroxyl groups excluding tert-OH is 2. The molecule has 5 nitrogen and oxygen atoms in total. The van der Waals surface area contributed by atoms with Crippen molar-refractivity contribution >= 4 is 0 Å². The van der Waals surface area contributed by atoms with Crippen LogP contribution in [0.5, 0.6) is 5.75 Å². The van der Waals surface area contributed by atoms with E-state index in [9.17, 15) is 5.11 Å². The molecule has 2 atom stereocenters. The molecule has 0 fully saturated rings. The van der Waals surface area contributed by atoms with Crippen LogP contribution in [0.1, 0.15) is 18.9 Å². The largest absolute Gasteiger partial charge is 0.489 e. The molecule has 0 aliphatic rings. The summed E-state index contributed by atoms with van der Waals surface area (Å²) in [5.41, 5.74) is 0.462. The number of para-hydroxylation sites is 1. The van der Waals surface area contributed by atoms with Crippen molar-refractivity contribution in [2.24, 2.45) is 5.92 Å². The van der Waals surface area contributed by atoms with Crippen LogP contribution in [-0.2, 0) is 0 Å². The zero-order chi connectivity index (χ0) is 14.8. The molecule has 5 heteroatoms. The van der Waals surface area contributed by atoms with Gasteiger partial charge in [0.05, 0.1) is 5.56 Å². The van der Waals surface area contributed by atoms with E-state index in [2.05, 4.69) is 5.32 Å². The quantitative estimate of drug-likeness (QED) is 0.625. The van der Waals surface area contributed by atoms with Gasteiger partial charge in [0, 0.05) is 13.2 Å². The average Bonchev–Trinajstić information content (AvgIpc) is 2.45. The van der Waals surface area contributed by atoms with E-state index in [1.54, 1.807) is 24.3 Å². The number of benzene rings is 1. The molecule has 0 saturated carbocycles. The summed E-state index contributed by atoms with van der Waals surface area (Å²) in [5.74, 6) is 0.857. The van der Waals surface area contributed by atoms with Crippen LogP contribution in [0.3, 0.4) is 0 Å². The zero-order valence-electron chi connectivity index (χ0n) is 11.7. The third-order valence-corrected chi connectivity index (χ3v) is 2.93. The van der Waals surface area contributed by atoms with Gasteiger partial charge in [-0.25, -0.2) is 0 Å². The Hall–Kier alpha value is -1.61. The SMILES string of the molecule is CC(CCO)CNCC(O)COc1ccccc1C#N. The second kappa shape index (κ2) is 9.32. The lowest BCUT2D eigenvalue weighted by molar-refractivity contribution is 0.105. The average molecular weight is 278 g/mol. The van der Waals surface area contributed by atoms with Gasteiger partial charge in [0.25, 0.3) is 0 Å². The summed E-state index contributed by atoms with van der Waals surface area (Å²) in [4.78, 5) is 0.